The highest BCUT2D eigenvalue weighted by molar-refractivity contribution is 7.17. The maximum Gasteiger partial charge on any atom is 0.267 e. The van der Waals surface area contributed by atoms with Gasteiger partial charge in [0.15, 0.2) is 0 Å². The van der Waals surface area contributed by atoms with Crippen LogP contribution in [-0.2, 0) is 0 Å². The number of hydrogen-bond donors (Lipinski definition) is 1. The van der Waals surface area contributed by atoms with Gasteiger partial charge in [-0.2, -0.15) is 0 Å². The maximum absolute atomic E-state index is 13.0. The van der Waals surface area contributed by atoms with Gasteiger partial charge in [-0.3, -0.25) is 9.59 Å². The highest BCUT2D eigenvalue weighted by Crippen LogP contribution is 2.30. The van der Waals surface area contributed by atoms with Gasteiger partial charge in [0.25, 0.3) is 11.8 Å². The molecule has 2 aromatic carbocycles. The zero-order valence-corrected chi connectivity index (χ0v) is 18.2. The Labute approximate surface area is 184 Å². The second-order valence-electron chi connectivity index (χ2n) is 7.30. The Morgan fingerprint density at radius 3 is 2.53 bits per heavy atom. The number of hydrogen-bond acceptors (Lipinski definition) is 4. The maximum atomic E-state index is 13.0. The van der Waals surface area contributed by atoms with Crippen LogP contribution >= 0.6 is 22.9 Å². The number of rotatable bonds is 4. The van der Waals surface area contributed by atoms with Crippen molar-refractivity contribution in [1.29, 1.82) is 0 Å². The van der Waals surface area contributed by atoms with Crippen LogP contribution in [0.2, 0.25) is 5.02 Å². The van der Waals surface area contributed by atoms with Crippen LogP contribution in [0.4, 0.5) is 5.69 Å². The van der Waals surface area contributed by atoms with Crippen molar-refractivity contribution in [3.05, 3.63) is 69.7 Å². The molecule has 2 amide bonds. The minimum absolute atomic E-state index is 0.0762. The van der Waals surface area contributed by atoms with Crippen LogP contribution in [0.1, 0.15) is 45.0 Å². The molecule has 0 saturated carbocycles. The summed E-state index contributed by atoms with van der Waals surface area (Å²) in [5.74, 6) is -0.366. The number of amides is 2. The van der Waals surface area contributed by atoms with E-state index >= 15 is 0 Å². The summed E-state index contributed by atoms with van der Waals surface area (Å²) in [7, 11) is 0. The number of aryl methyl sites for hydroxylation is 1. The van der Waals surface area contributed by atoms with Crippen molar-refractivity contribution < 1.29 is 9.59 Å². The van der Waals surface area contributed by atoms with E-state index in [1.165, 1.54) is 11.3 Å². The van der Waals surface area contributed by atoms with E-state index in [2.05, 4.69) is 10.3 Å². The molecule has 0 bridgehead atoms. The highest BCUT2D eigenvalue weighted by Gasteiger charge is 2.23. The quantitative estimate of drug-likeness (QED) is 0.571. The summed E-state index contributed by atoms with van der Waals surface area (Å²) >= 11 is 7.50. The first-order chi connectivity index (χ1) is 14.5. The van der Waals surface area contributed by atoms with Gasteiger partial charge < -0.3 is 10.2 Å². The van der Waals surface area contributed by atoms with E-state index in [1.54, 1.807) is 18.2 Å². The minimum atomic E-state index is -0.290. The topological polar surface area (TPSA) is 62.3 Å². The monoisotopic (exact) mass is 439 g/mol. The normalized spacial score (nSPS) is 13.9. The van der Waals surface area contributed by atoms with E-state index in [1.807, 2.05) is 42.2 Å². The fourth-order valence-corrected chi connectivity index (χ4v) is 4.70. The number of likely N-dealkylation sites (tertiary alicyclic amines) is 1. The Morgan fingerprint density at radius 2 is 1.80 bits per heavy atom. The van der Waals surface area contributed by atoms with Crippen LogP contribution in [0, 0.1) is 6.92 Å². The number of nitrogens with one attached hydrogen (secondary N) is 1. The van der Waals surface area contributed by atoms with Gasteiger partial charge in [0.2, 0.25) is 0 Å². The number of anilines is 1. The van der Waals surface area contributed by atoms with Crippen molar-refractivity contribution in [2.75, 3.05) is 18.4 Å². The number of aromatic nitrogens is 1. The third-order valence-corrected chi connectivity index (χ3v) is 6.57. The van der Waals surface area contributed by atoms with Crippen LogP contribution in [-0.4, -0.2) is 34.8 Å². The summed E-state index contributed by atoms with van der Waals surface area (Å²) in [6.45, 7) is 3.29. The van der Waals surface area contributed by atoms with E-state index in [9.17, 15) is 9.59 Å². The molecule has 1 N–H and O–H groups in total. The lowest BCUT2D eigenvalue weighted by Crippen LogP contribution is -2.36. The van der Waals surface area contributed by atoms with Gasteiger partial charge in [-0.1, -0.05) is 41.9 Å². The standard InChI is InChI=1S/C23H22ClN3O2S/c1-15-20(30-22(25-15)16-8-4-2-5-9-16)21(28)26-19-14-17(24)10-11-18(19)23(29)27-12-6-3-7-13-27/h2,4-5,8-11,14H,3,6-7,12-13H2,1H3,(H,26,28). The van der Waals surface area contributed by atoms with Gasteiger partial charge in [-0.05, 0) is 44.4 Å². The largest absolute Gasteiger partial charge is 0.339 e. The summed E-state index contributed by atoms with van der Waals surface area (Å²) < 4.78 is 0. The lowest BCUT2D eigenvalue weighted by molar-refractivity contribution is 0.0725. The molecule has 30 heavy (non-hydrogen) atoms. The minimum Gasteiger partial charge on any atom is -0.339 e. The molecule has 154 valence electrons. The van der Waals surface area contributed by atoms with E-state index in [4.69, 9.17) is 11.6 Å². The Hall–Kier alpha value is -2.70. The summed E-state index contributed by atoms with van der Waals surface area (Å²) in [5.41, 5.74) is 2.51. The fourth-order valence-electron chi connectivity index (χ4n) is 3.56. The molecule has 1 fully saturated rings. The molecule has 1 saturated heterocycles. The molecule has 7 heteroatoms. The first-order valence-electron chi connectivity index (χ1n) is 9.96. The molecule has 1 aliphatic rings. The molecule has 2 heterocycles. The van der Waals surface area contributed by atoms with E-state index in [0.717, 1.165) is 42.9 Å². The number of carbonyl (C=O) groups excluding carboxylic acids is 2. The first kappa shape index (κ1) is 20.6. The molecule has 0 unspecified atom stereocenters. The fraction of sp³-hybridized carbons (Fsp3) is 0.261. The molecule has 1 aliphatic heterocycles. The molecule has 0 atom stereocenters. The first-order valence-corrected chi connectivity index (χ1v) is 11.2. The number of nitrogens with zero attached hydrogens (tertiary/aromatic N) is 2. The van der Waals surface area contributed by atoms with Crippen molar-refractivity contribution in [3.8, 4) is 10.6 Å². The number of thiazole rings is 1. The van der Waals surface area contributed by atoms with Crippen LogP contribution in [0.25, 0.3) is 10.6 Å². The lowest BCUT2D eigenvalue weighted by atomic mass is 10.1. The van der Waals surface area contributed by atoms with Gasteiger partial charge in [-0.15, -0.1) is 11.3 Å². The van der Waals surface area contributed by atoms with Crippen LogP contribution < -0.4 is 5.32 Å². The zero-order valence-electron chi connectivity index (χ0n) is 16.7. The molecule has 3 aromatic rings. The van der Waals surface area contributed by atoms with Gasteiger partial charge in [0, 0.05) is 23.7 Å². The summed E-state index contributed by atoms with van der Waals surface area (Å²) in [5, 5.41) is 4.14. The van der Waals surface area contributed by atoms with E-state index in [-0.39, 0.29) is 11.8 Å². The van der Waals surface area contributed by atoms with Gasteiger partial charge >= 0.3 is 0 Å². The van der Waals surface area contributed by atoms with Crippen molar-refractivity contribution in [3.63, 3.8) is 0 Å². The van der Waals surface area contributed by atoms with E-state index < -0.39 is 0 Å². The number of halogens is 1. The molecule has 0 radical (unpaired) electrons. The predicted molar refractivity (Wildman–Crippen MR) is 121 cm³/mol. The van der Waals surface area contributed by atoms with Crippen LogP contribution in [0.15, 0.2) is 48.5 Å². The SMILES string of the molecule is Cc1nc(-c2ccccc2)sc1C(=O)Nc1cc(Cl)ccc1C(=O)N1CCCCC1. The second kappa shape index (κ2) is 8.98. The zero-order chi connectivity index (χ0) is 21.1. The van der Waals surface area contributed by atoms with Gasteiger partial charge in [0.1, 0.15) is 9.88 Å². The summed E-state index contributed by atoms with van der Waals surface area (Å²) in [6, 6.07) is 14.7. The Balaban J connectivity index is 1.60. The molecule has 0 spiro atoms. The number of piperidine rings is 1. The summed E-state index contributed by atoms with van der Waals surface area (Å²) in [6.07, 6.45) is 3.15. The third-order valence-electron chi connectivity index (χ3n) is 5.13. The van der Waals surface area contributed by atoms with E-state index in [0.29, 0.717) is 26.8 Å². The molecule has 5 nitrogen and oxygen atoms in total. The third kappa shape index (κ3) is 4.40. The van der Waals surface area contributed by atoms with Crippen molar-refractivity contribution in [2.24, 2.45) is 0 Å². The van der Waals surface area contributed by atoms with Crippen molar-refractivity contribution >= 4 is 40.4 Å². The molecule has 4 rings (SSSR count). The Morgan fingerprint density at radius 1 is 1.07 bits per heavy atom. The van der Waals surface area contributed by atoms with Gasteiger partial charge in [-0.25, -0.2) is 4.98 Å². The van der Waals surface area contributed by atoms with Crippen LogP contribution in [0.5, 0.6) is 0 Å². The molecule has 1 aromatic heterocycles. The predicted octanol–water partition coefficient (Wildman–Crippen LogP) is 5.65. The lowest BCUT2D eigenvalue weighted by Gasteiger charge is -2.27. The van der Waals surface area contributed by atoms with Crippen LogP contribution in [0.3, 0.4) is 0 Å². The average Bonchev–Trinajstić information content (AvgIpc) is 3.16. The molecular weight excluding hydrogens is 418 g/mol. The summed E-state index contributed by atoms with van der Waals surface area (Å²) in [4.78, 5) is 33.0. The number of carbonyl (C=O) groups is 2. The van der Waals surface area contributed by atoms with Gasteiger partial charge in [0.05, 0.1) is 16.9 Å². The van der Waals surface area contributed by atoms with Crippen molar-refractivity contribution in [2.45, 2.75) is 26.2 Å². The number of benzene rings is 2. The second-order valence-corrected chi connectivity index (χ2v) is 8.73. The highest BCUT2D eigenvalue weighted by atomic mass is 35.5. The molecular formula is C23H22ClN3O2S. The Bertz CT molecular complexity index is 1080. The molecule has 0 aliphatic carbocycles. The Kier molecular flexibility index (Phi) is 6.16. The smallest absolute Gasteiger partial charge is 0.267 e. The average molecular weight is 440 g/mol. The van der Waals surface area contributed by atoms with Crippen molar-refractivity contribution in [1.82, 2.24) is 9.88 Å².